The van der Waals surface area contributed by atoms with E-state index in [0.717, 1.165) is 25.9 Å². The zero-order chi connectivity index (χ0) is 14.2. The second-order valence-corrected chi connectivity index (χ2v) is 7.38. The van der Waals surface area contributed by atoms with Crippen molar-refractivity contribution in [1.29, 1.82) is 0 Å². The highest BCUT2D eigenvalue weighted by Crippen LogP contribution is 2.42. The lowest BCUT2D eigenvalue weighted by Crippen LogP contribution is -2.30. The minimum atomic E-state index is 0.496. The van der Waals surface area contributed by atoms with Gasteiger partial charge in [0.2, 0.25) is 0 Å². The minimum absolute atomic E-state index is 0.496. The van der Waals surface area contributed by atoms with Crippen LogP contribution in [0.5, 0.6) is 0 Å². The topological polar surface area (TPSA) is 29.9 Å². The van der Waals surface area contributed by atoms with Crippen molar-refractivity contribution in [2.45, 2.75) is 78.3 Å². The molecule has 1 fully saturated rings. The number of nitrogens with one attached hydrogen (secondary N) is 1. The SMILES string of the molecule is CCCc1nc2c(n1C1CCCC(C)(C)C1)CCNC2. The summed E-state index contributed by atoms with van der Waals surface area (Å²) in [5, 5.41) is 3.47. The van der Waals surface area contributed by atoms with Crippen molar-refractivity contribution in [1.82, 2.24) is 14.9 Å². The van der Waals surface area contributed by atoms with E-state index in [1.54, 1.807) is 0 Å². The summed E-state index contributed by atoms with van der Waals surface area (Å²) in [4.78, 5) is 4.96. The zero-order valence-corrected chi connectivity index (χ0v) is 13.3. The summed E-state index contributed by atoms with van der Waals surface area (Å²) in [5.74, 6) is 1.35. The first-order valence-electron chi connectivity index (χ1n) is 8.40. The lowest BCUT2D eigenvalue weighted by Gasteiger charge is -2.37. The third-order valence-corrected chi connectivity index (χ3v) is 5.01. The number of imidazole rings is 1. The van der Waals surface area contributed by atoms with E-state index in [4.69, 9.17) is 4.98 Å². The van der Waals surface area contributed by atoms with Crippen LogP contribution in [-0.2, 0) is 19.4 Å². The number of hydrogen-bond donors (Lipinski definition) is 1. The first kappa shape index (κ1) is 14.1. The van der Waals surface area contributed by atoms with Crippen LogP contribution >= 0.6 is 0 Å². The maximum atomic E-state index is 4.96. The van der Waals surface area contributed by atoms with Crippen LogP contribution in [0.25, 0.3) is 0 Å². The molecule has 1 saturated carbocycles. The molecule has 0 amide bonds. The quantitative estimate of drug-likeness (QED) is 0.913. The highest BCUT2D eigenvalue weighted by Gasteiger charge is 2.32. The van der Waals surface area contributed by atoms with E-state index in [9.17, 15) is 0 Å². The zero-order valence-electron chi connectivity index (χ0n) is 13.3. The van der Waals surface area contributed by atoms with E-state index in [1.165, 1.54) is 49.3 Å². The Balaban J connectivity index is 1.95. The van der Waals surface area contributed by atoms with Crippen molar-refractivity contribution in [3.63, 3.8) is 0 Å². The van der Waals surface area contributed by atoms with Crippen LogP contribution < -0.4 is 5.32 Å². The van der Waals surface area contributed by atoms with Gasteiger partial charge in [-0.05, 0) is 31.1 Å². The molecule has 3 nitrogen and oxygen atoms in total. The molecule has 0 saturated heterocycles. The average molecular weight is 275 g/mol. The Hall–Kier alpha value is -0.830. The van der Waals surface area contributed by atoms with Crippen LogP contribution in [0.4, 0.5) is 0 Å². The Labute approximate surface area is 123 Å². The molecule has 3 rings (SSSR count). The minimum Gasteiger partial charge on any atom is -0.329 e. The van der Waals surface area contributed by atoms with Crippen molar-refractivity contribution in [3.8, 4) is 0 Å². The summed E-state index contributed by atoms with van der Waals surface area (Å²) < 4.78 is 2.65. The molecule has 1 atom stereocenters. The maximum absolute atomic E-state index is 4.96. The predicted molar refractivity (Wildman–Crippen MR) is 82.9 cm³/mol. The number of nitrogens with zero attached hydrogens (tertiary/aromatic N) is 2. The molecule has 0 bridgehead atoms. The van der Waals surface area contributed by atoms with Gasteiger partial charge in [0, 0.05) is 37.7 Å². The van der Waals surface area contributed by atoms with Gasteiger partial charge in [-0.1, -0.05) is 27.2 Å². The smallest absolute Gasteiger partial charge is 0.109 e. The molecule has 3 heteroatoms. The normalized spacial score (nSPS) is 25.4. The highest BCUT2D eigenvalue weighted by molar-refractivity contribution is 5.22. The van der Waals surface area contributed by atoms with Gasteiger partial charge >= 0.3 is 0 Å². The van der Waals surface area contributed by atoms with Gasteiger partial charge in [0.25, 0.3) is 0 Å². The molecular formula is C17H29N3. The van der Waals surface area contributed by atoms with Crippen molar-refractivity contribution in [2.24, 2.45) is 5.41 Å². The average Bonchev–Trinajstić information content (AvgIpc) is 2.76. The Morgan fingerprint density at radius 3 is 3.00 bits per heavy atom. The van der Waals surface area contributed by atoms with Crippen LogP contribution in [0, 0.1) is 5.41 Å². The highest BCUT2D eigenvalue weighted by atomic mass is 15.1. The van der Waals surface area contributed by atoms with E-state index in [-0.39, 0.29) is 0 Å². The third-order valence-electron chi connectivity index (χ3n) is 5.01. The maximum Gasteiger partial charge on any atom is 0.109 e. The van der Waals surface area contributed by atoms with Crippen LogP contribution in [-0.4, -0.2) is 16.1 Å². The summed E-state index contributed by atoms with van der Waals surface area (Å²) in [7, 11) is 0. The Morgan fingerprint density at radius 2 is 2.25 bits per heavy atom. The van der Waals surface area contributed by atoms with Gasteiger partial charge < -0.3 is 9.88 Å². The molecule has 1 N–H and O–H groups in total. The van der Waals surface area contributed by atoms with Crippen LogP contribution in [0.15, 0.2) is 0 Å². The predicted octanol–water partition coefficient (Wildman–Crippen LogP) is 3.62. The van der Waals surface area contributed by atoms with Gasteiger partial charge in [0.05, 0.1) is 5.69 Å². The monoisotopic (exact) mass is 275 g/mol. The Morgan fingerprint density at radius 1 is 1.40 bits per heavy atom. The van der Waals surface area contributed by atoms with E-state index < -0.39 is 0 Å². The van der Waals surface area contributed by atoms with Gasteiger partial charge in [-0.15, -0.1) is 0 Å². The van der Waals surface area contributed by atoms with Crippen molar-refractivity contribution >= 4 is 0 Å². The summed E-state index contributed by atoms with van der Waals surface area (Å²) in [6, 6.07) is 0.689. The number of rotatable bonds is 3. The van der Waals surface area contributed by atoms with Gasteiger partial charge in [0.15, 0.2) is 0 Å². The summed E-state index contributed by atoms with van der Waals surface area (Å²) in [6.07, 6.45) is 8.89. The molecule has 0 aromatic carbocycles. The second kappa shape index (κ2) is 5.51. The molecule has 1 aliphatic heterocycles. The summed E-state index contributed by atoms with van der Waals surface area (Å²) in [5.41, 5.74) is 3.36. The molecule has 0 spiro atoms. The van der Waals surface area contributed by atoms with E-state index in [0.29, 0.717) is 11.5 Å². The summed E-state index contributed by atoms with van der Waals surface area (Å²) >= 11 is 0. The van der Waals surface area contributed by atoms with Crippen molar-refractivity contribution in [3.05, 3.63) is 17.2 Å². The second-order valence-electron chi connectivity index (χ2n) is 7.38. The molecule has 112 valence electrons. The lowest BCUT2D eigenvalue weighted by molar-refractivity contribution is 0.178. The van der Waals surface area contributed by atoms with Crippen molar-refractivity contribution in [2.75, 3.05) is 6.54 Å². The van der Waals surface area contributed by atoms with Crippen LogP contribution in [0.2, 0.25) is 0 Å². The molecule has 2 aliphatic rings. The van der Waals surface area contributed by atoms with Gasteiger partial charge in [-0.3, -0.25) is 0 Å². The number of hydrogen-bond acceptors (Lipinski definition) is 2. The van der Waals surface area contributed by atoms with Crippen LogP contribution in [0.3, 0.4) is 0 Å². The van der Waals surface area contributed by atoms with E-state index in [1.807, 2.05) is 0 Å². The summed E-state index contributed by atoms with van der Waals surface area (Å²) in [6.45, 7) is 9.21. The van der Waals surface area contributed by atoms with Gasteiger partial charge in [-0.2, -0.15) is 0 Å². The standard InChI is InChI=1S/C17H29N3/c1-4-6-16-19-14-12-18-10-8-15(14)20(16)13-7-5-9-17(2,3)11-13/h13,18H,4-12H2,1-3H3. The molecule has 2 heterocycles. The molecule has 1 aromatic rings. The Bertz CT molecular complexity index is 473. The molecule has 20 heavy (non-hydrogen) atoms. The number of aromatic nitrogens is 2. The van der Waals surface area contributed by atoms with Crippen molar-refractivity contribution < 1.29 is 0 Å². The molecule has 1 aliphatic carbocycles. The van der Waals surface area contributed by atoms with E-state index >= 15 is 0 Å². The molecular weight excluding hydrogens is 246 g/mol. The molecule has 1 aromatic heterocycles. The van der Waals surface area contributed by atoms with Gasteiger partial charge in [0.1, 0.15) is 5.82 Å². The molecule has 1 unspecified atom stereocenters. The fraction of sp³-hybridized carbons (Fsp3) is 0.824. The van der Waals surface area contributed by atoms with Crippen LogP contribution in [0.1, 0.15) is 76.1 Å². The Kier molecular flexibility index (Phi) is 3.89. The van der Waals surface area contributed by atoms with Gasteiger partial charge in [-0.25, -0.2) is 4.98 Å². The number of fused-ring (bicyclic) bond motifs is 1. The third kappa shape index (κ3) is 2.65. The number of aryl methyl sites for hydroxylation is 1. The largest absolute Gasteiger partial charge is 0.329 e. The fourth-order valence-corrected chi connectivity index (χ4v) is 4.10. The fourth-order valence-electron chi connectivity index (χ4n) is 4.10. The van der Waals surface area contributed by atoms with E-state index in [2.05, 4.69) is 30.7 Å². The molecule has 0 radical (unpaired) electrons. The first-order valence-corrected chi connectivity index (χ1v) is 8.40. The lowest BCUT2D eigenvalue weighted by atomic mass is 9.75. The first-order chi connectivity index (χ1) is 9.61.